The molecule has 0 radical (unpaired) electrons. The number of aromatic amines is 1. The fraction of sp³-hybridized carbons (Fsp3) is 0.400. The van der Waals surface area contributed by atoms with Crippen molar-refractivity contribution in [1.29, 1.82) is 0 Å². The van der Waals surface area contributed by atoms with Crippen LogP contribution in [0.3, 0.4) is 0 Å². The van der Waals surface area contributed by atoms with Gasteiger partial charge in [-0.25, -0.2) is 4.98 Å². The Morgan fingerprint density at radius 2 is 2.40 bits per heavy atom. The predicted octanol–water partition coefficient (Wildman–Crippen LogP) is -0.342. The highest BCUT2D eigenvalue weighted by molar-refractivity contribution is 5.75. The monoisotopic (exact) mass is 279 g/mol. The third kappa shape index (κ3) is 3.86. The second kappa shape index (κ2) is 6.41. The van der Waals surface area contributed by atoms with Gasteiger partial charge in [0.2, 0.25) is 5.91 Å². The Labute approximate surface area is 113 Å². The van der Waals surface area contributed by atoms with Crippen LogP contribution in [-0.2, 0) is 17.8 Å². The van der Waals surface area contributed by atoms with Crippen molar-refractivity contribution in [3.8, 4) is 0 Å². The molecule has 20 heavy (non-hydrogen) atoms. The van der Waals surface area contributed by atoms with Crippen molar-refractivity contribution >= 4 is 11.6 Å². The molecule has 2 aromatic heterocycles. The molecule has 1 amide bonds. The van der Waals surface area contributed by atoms with Crippen LogP contribution in [0.5, 0.6) is 0 Å². The molecule has 2 N–H and O–H groups in total. The van der Waals surface area contributed by atoms with E-state index in [1.54, 1.807) is 0 Å². The van der Waals surface area contributed by atoms with Gasteiger partial charge in [0.1, 0.15) is 31.1 Å². The minimum Gasteiger partial charge on any atom is -0.354 e. The molecule has 0 aliphatic heterocycles. The first-order chi connectivity index (χ1) is 9.65. The molecule has 0 atom stereocenters. The number of nitro groups is 1. The molecule has 106 valence electrons. The van der Waals surface area contributed by atoms with Crippen molar-refractivity contribution in [2.45, 2.75) is 19.4 Å². The van der Waals surface area contributed by atoms with Crippen LogP contribution in [0.1, 0.15) is 12.2 Å². The lowest BCUT2D eigenvalue weighted by molar-refractivity contribution is -0.385. The first kappa shape index (κ1) is 13.6. The zero-order valence-electron chi connectivity index (χ0n) is 10.5. The van der Waals surface area contributed by atoms with Gasteiger partial charge in [0.15, 0.2) is 0 Å². The average molecular weight is 279 g/mol. The van der Waals surface area contributed by atoms with Gasteiger partial charge in [-0.05, 0) is 6.42 Å². The maximum Gasteiger partial charge on any atom is 0.307 e. The Hall–Kier alpha value is -2.78. The third-order valence-corrected chi connectivity index (χ3v) is 2.51. The van der Waals surface area contributed by atoms with E-state index in [0.29, 0.717) is 13.0 Å². The third-order valence-electron chi connectivity index (χ3n) is 2.51. The normalized spacial score (nSPS) is 10.4. The quantitative estimate of drug-likeness (QED) is 0.405. The summed E-state index contributed by atoms with van der Waals surface area (Å²) in [6, 6.07) is 0. The summed E-state index contributed by atoms with van der Waals surface area (Å²) in [6.45, 7) is 0.443. The summed E-state index contributed by atoms with van der Waals surface area (Å²) in [5.74, 6) is 0.516. The van der Waals surface area contributed by atoms with E-state index < -0.39 is 4.92 Å². The van der Waals surface area contributed by atoms with Crippen molar-refractivity contribution in [3.63, 3.8) is 0 Å². The number of amides is 1. The van der Waals surface area contributed by atoms with Gasteiger partial charge < -0.3 is 5.32 Å². The van der Waals surface area contributed by atoms with Crippen LogP contribution in [0.2, 0.25) is 0 Å². The number of nitrogens with one attached hydrogen (secondary N) is 2. The van der Waals surface area contributed by atoms with E-state index in [0.717, 1.165) is 18.4 Å². The van der Waals surface area contributed by atoms with Gasteiger partial charge in [0.25, 0.3) is 0 Å². The molecule has 0 aliphatic rings. The number of aromatic nitrogens is 5. The Balaban J connectivity index is 1.68. The number of hydrogen-bond acceptors (Lipinski definition) is 6. The molecular weight excluding hydrogens is 266 g/mol. The molecular formula is C10H13N7O3. The van der Waals surface area contributed by atoms with Crippen molar-refractivity contribution in [2.24, 2.45) is 0 Å². The molecule has 10 nitrogen and oxygen atoms in total. The first-order valence-electron chi connectivity index (χ1n) is 5.93. The predicted molar refractivity (Wildman–Crippen MR) is 66.6 cm³/mol. The smallest absolute Gasteiger partial charge is 0.307 e. The van der Waals surface area contributed by atoms with E-state index in [2.05, 4.69) is 25.6 Å². The van der Waals surface area contributed by atoms with Crippen LogP contribution in [-0.4, -0.2) is 42.3 Å². The van der Waals surface area contributed by atoms with Gasteiger partial charge in [0, 0.05) is 13.0 Å². The average Bonchev–Trinajstić information content (AvgIpc) is 3.05. The number of carbonyl (C=O) groups excluding carboxylic acids is 1. The number of carbonyl (C=O) groups is 1. The van der Waals surface area contributed by atoms with E-state index in [1.165, 1.54) is 17.2 Å². The molecule has 0 saturated carbocycles. The molecule has 2 heterocycles. The molecule has 0 aromatic carbocycles. The molecule has 0 saturated heterocycles. The summed E-state index contributed by atoms with van der Waals surface area (Å²) < 4.78 is 1.23. The summed E-state index contributed by atoms with van der Waals surface area (Å²) in [7, 11) is 0. The SMILES string of the molecule is O=C(Cn1cc([N+](=O)[O-])cn1)NCCCc1ncn[nH]1. The molecule has 0 spiro atoms. The first-order valence-corrected chi connectivity index (χ1v) is 5.93. The lowest BCUT2D eigenvalue weighted by Crippen LogP contribution is -2.28. The zero-order chi connectivity index (χ0) is 14.4. The zero-order valence-corrected chi connectivity index (χ0v) is 10.5. The van der Waals surface area contributed by atoms with Gasteiger partial charge in [-0.15, -0.1) is 0 Å². The van der Waals surface area contributed by atoms with Gasteiger partial charge in [-0.1, -0.05) is 0 Å². The number of rotatable bonds is 7. The van der Waals surface area contributed by atoms with Crippen LogP contribution in [0.25, 0.3) is 0 Å². The number of aryl methyl sites for hydroxylation is 1. The largest absolute Gasteiger partial charge is 0.354 e. The summed E-state index contributed by atoms with van der Waals surface area (Å²) in [5, 5.41) is 23.3. The van der Waals surface area contributed by atoms with E-state index in [1.807, 2.05) is 0 Å². The summed E-state index contributed by atoms with van der Waals surface area (Å²) in [4.78, 5) is 25.4. The Kier molecular flexibility index (Phi) is 4.37. The number of nitrogens with zero attached hydrogens (tertiary/aromatic N) is 5. The summed E-state index contributed by atoms with van der Waals surface area (Å²) in [5.41, 5.74) is -0.136. The Bertz CT molecular complexity index is 577. The summed E-state index contributed by atoms with van der Waals surface area (Å²) in [6.07, 6.45) is 5.16. The van der Waals surface area contributed by atoms with Gasteiger partial charge >= 0.3 is 5.69 Å². The highest BCUT2D eigenvalue weighted by atomic mass is 16.6. The fourth-order valence-corrected chi connectivity index (χ4v) is 1.57. The second-order valence-electron chi connectivity index (χ2n) is 4.04. The van der Waals surface area contributed by atoms with Crippen molar-refractivity contribution in [1.82, 2.24) is 30.3 Å². The minimum atomic E-state index is -0.557. The van der Waals surface area contributed by atoms with Crippen LogP contribution >= 0.6 is 0 Å². The van der Waals surface area contributed by atoms with Crippen molar-refractivity contribution < 1.29 is 9.72 Å². The maximum atomic E-state index is 11.6. The lowest BCUT2D eigenvalue weighted by Gasteiger charge is -2.04. The van der Waals surface area contributed by atoms with Gasteiger partial charge in [-0.2, -0.15) is 10.2 Å². The molecule has 2 aromatic rings. The number of H-pyrrole nitrogens is 1. The topological polar surface area (TPSA) is 132 Å². The van der Waals surface area contributed by atoms with E-state index in [-0.39, 0.29) is 18.1 Å². The lowest BCUT2D eigenvalue weighted by atomic mass is 10.3. The van der Waals surface area contributed by atoms with Gasteiger partial charge in [0.05, 0.1) is 4.92 Å². The van der Waals surface area contributed by atoms with Crippen LogP contribution in [0, 0.1) is 10.1 Å². The van der Waals surface area contributed by atoms with Crippen molar-refractivity contribution in [3.05, 3.63) is 34.7 Å². The minimum absolute atomic E-state index is 0.0455. The molecule has 0 unspecified atom stereocenters. The van der Waals surface area contributed by atoms with Crippen LogP contribution in [0.15, 0.2) is 18.7 Å². The molecule has 0 bridgehead atoms. The van der Waals surface area contributed by atoms with Crippen molar-refractivity contribution in [2.75, 3.05) is 6.54 Å². The molecule has 2 rings (SSSR count). The molecule has 0 aliphatic carbocycles. The van der Waals surface area contributed by atoms with E-state index in [9.17, 15) is 14.9 Å². The summed E-state index contributed by atoms with van der Waals surface area (Å²) >= 11 is 0. The molecule has 0 fully saturated rings. The number of hydrogen-bond donors (Lipinski definition) is 2. The Morgan fingerprint density at radius 1 is 1.55 bits per heavy atom. The van der Waals surface area contributed by atoms with E-state index in [4.69, 9.17) is 0 Å². The maximum absolute atomic E-state index is 11.6. The van der Waals surface area contributed by atoms with Gasteiger partial charge in [-0.3, -0.25) is 24.7 Å². The fourth-order valence-electron chi connectivity index (χ4n) is 1.57. The van der Waals surface area contributed by atoms with E-state index >= 15 is 0 Å². The standard InChI is InChI=1S/C10H13N7O3/c18-10(6-16-5-8(4-14-16)17(19)20)11-3-1-2-9-12-7-13-15-9/h4-5,7H,1-3,6H2,(H,11,18)(H,12,13,15). The molecule has 10 heteroatoms. The van der Waals surface area contributed by atoms with Crippen LogP contribution in [0.4, 0.5) is 5.69 Å². The van der Waals surface area contributed by atoms with Crippen LogP contribution < -0.4 is 5.32 Å². The highest BCUT2D eigenvalue weighted by Crippen LogP contribution is 2.07. The Morgan fingerprint density at radius 3 is 3.05 bits per heavy atom. The second-order valence-corrected chi connectivity index (χ2v) is 4.04. The highest BCUT2D eigenvalue weighted by Gasteiger charge is 2.10.